The minimum atomic E-state index is -3.20. The van der Waals surface area contributed by atoms with E-state index in [1.54, 1.807) is 0 Å². The van der Waals surface area contributed by atoms with E-state index in [1.165, 1.54) is 21.7 Å². The molecule has 0 saturated carbocycles. The van der Waals surface area contributed by atoms with Crippen LogP contribution in [-0.4, -0.2) is 60.9 Å². The number of hydrogen-bond donors (Lipinski definition) is 0. The number of piperidine rings is 1. The normalized spacial score (nSPS) is 23.3. The van der Waals surface area contributed by atoms with Crippen molar-refractivity contribution < 1.29 is 13.2 Å². The summed E-state index contributed by atoms with van der Waals surface area (Å²) in [4.78, 5) is 19.9. The van der Waals surface area contributed by atoms with Gasteiger partial charge in [0.2, 0.25) is 15.9 Å². The van der Waals surface area contributed by atoms with E-state index < -0.39 is 10.0 Å². The van der Waals surface area contributed by atoms with Gasteiger partial charge in [-0.15, -0.1) is 0 Å². The fourth-order valence-electron chi connectivity index (χ4n) is 6.15. The number of aryl methyl sites for hydroxylation is 2. The van der Waals surface area contributed by atoms with Gasteiger partial charge in [0, 0.05) is 59.2 Å². The number of halogens is 3. The molecule has 0 bridgehead atoms. The first-order chi connectivity index (χ1) is 17.1. The van der Waals surface area contributed by atoms with Gasteiger partial charge in [0.25, 0.3) is 0 Å². The topological polar surface area (TPSA) is 70.6 Å². The molecule has 1 aromatic carbocycles. The Morgan fingerprint density at radius 2 is 1.81 bits per heavy atom. The summed E-state index contributed by atoms with van der Waals surface area (Å²) >= 11 is 16.8. The van der Waals surface area contributed by atoms with Crippen LogP contribution >= 0.6 is 39.1 Å². The minimum Gasteiger partial charge on any atom is -0.343 e. The van der Waals surface area contributed by atoms with Gasteiger partial charge in [-0.2, -0.15) is 0 Å². The monoisotopic (exact) mass is 613 g/mol. The maximum atomic E-state index is 13.1. The minimum absolute atomic E-state index is 0.0609. The van der Waals surface area contributed by atoms with Crippen LogP contribution in [0.5, 0.6) is 0 Å². The molecule has 2 saturated heterocycles. The molecule has 2 atom stereocenters. The molecule has 3 aliphatic rings. The van der Waals surface area contributed by atoms with Crippen molar-refractivity contribution >= 4 is 55.1 Å². The highest BCUT2D eigenvalue weighted by molar-refractivity contribution is 9.10. The molecule has 1 aliphatic carbocycles. The fourth-order valence-corrected chi connectivity index (χ4v) is 8.10. The number of amides is 1. The van der Waals surface area contributed by atoms with E-state index >= 15 is 0 Å². The standard InChI is InChI=1S/C26H30BrCl2N3O3S/c1-36(34,35)32-9-4-16(15-32)10-23(33)31-7-5-17(6-8-31)25-24-18(12-21(28)13-22(24)29)2-3-19-11-20(27)14-30-26(19)25/h11-14,16-17,25H,2-10,15H2,1H3/t16-,25+/m0/s1. The number of rotatable bonds is 4. The second kappa shape index (κ2) is 10.5. The Balaban J connectivity index is 1.33. The molecule has 3 heterocycles. The Hall–Kier alpha value is -1.19. The number of benzene rings is 1. The number of sulfonamides is 1. The Labute approximate surface area is 231 Å². The highest BCUT2D eigenvalue weighted by atomic mass is 79.9. The number of nitrogens with zero attached hydrogens (tertiary/aromatic N) is 3. The van der Waals surface area contributed by atoms with Gasteiger partial charge in [-0.25, -0.2) is 12.7 Å². The zero-order valence-corrected chi connectivity index (χ0v) is 24.1. The first-order valence-corrected chi connectivity index (χ1v) is 15.8. The van der Waals surface area contributed by atoms with Gasteiger partial charge in [-0.1, -0.05) is 23.2 Å². The van der Waals surface area contributed by atoms with Crippen molar-refractivity contribution in [2.75, 3.05) is 32.4 Å². The van der Waals surface area contributed by atoms with Crippen molar-refractivity contribution in [2.45, 2.75) is 44.4 Å². The van der Waals surface area contributed by atoms with E-state index in [4.69, 9.17) is 28.2 Å². The summed E-state index contributed by atoms with van der Waals surface area (Å²) in [5, 5.41) is 1.34. The van der Waals surface area contributed by atoms with Crippen molar-refractivity contribution in [2.24, 2.45) is 11.8 Å². The lowest BCUT2D eigenvalue weighted by Crippen LogP contribution is -2.41. The van der Waals surface area contributed by atoms with E-state index in [9.17, 15) is 13.2 Å². The Kier molecular flexibility index (Phi) is 7.72. The number of likely N-dealkylation sites (tertiary alicyclic amines) is 1. The smallest absolute Gasteiger partial charge is 0.222 e. The van der Waals surface area contributed by atoms with Gasteiger partial charge in [0.1, 0.15) is 0 Å². The molecule has 1 amide bonds. The number of aromatic nitrogens is 1. The van der Waals surface area contributed by atoms with Crippen LogP contribution in [0, 0.1) is 11.8 Å². The van der Waals surface area contributed by atoms with Gasteiger partial charge in [-0.05, 0) is 94.8 Å². The summed E-state index contributed by atoms with van der Waals surface area (Å²) in [5.41, 5.74) is 4.62. The van der Waals surface area contributed by atoms with E-state index in [0.717, 1.165) is 47.8 Å². The number of hydrogen-bond acceptors (Lipinski definition) is 4. The highest BCUT2D eigenvalue weighted by Crippen LogP contribution is 2.46. The molecule has 6 nitrogen and oxygen atoms in total. The van der Waals surface area contributed by atoms with Crippen LogP contribution in [0.2, 0.25) is 10.0 Å². The average Bonchev–Trinajstić information content (AvgIpc) is 3.23. The SMILES string of the molecule is CS(=O)(=O)N1CC[C@@H](CC(=O)N2CCC([C@H]3c4ncc(Br)cc4CCc4cc(Cl)cc(Cl)c43)CC2)C1. The molecule has 2 fully saturated rings. The van der Waals surface area contributed by atoms with E-state index in [-0.39, 0.29) is 17.7 Å². The third-order valence-electron chi connectivity index (χ3n) is 7.96. The largest absolute Gasteiger partial charge is 0.343 e. The van der Waals surface area contributed by atoms with Gasteiger partial charge in [0.05, 0.1) is 11.9 Å². The molecule has 5 rings (SSSR count). The van der Waals surface area contributed by atoms with Crippen LogP contribution in [0.25, 0.3) is 0 Å². The molecule has 2 aromatic rings. The van der Waals surface area contributed by atoms with Crippen LogP contribution in [0.3, 0.4) is 0 Å². The quantitative estimate of drug-likeness (QED) is 0.469. The third kappa shape index (κ3) is 5.48. The second-order valence-corrected chi connectivity index (χ2v) is 14.1. The molecule has 36 heavy (non-hydrogen) atoms. The van der Waals surface area contributed by atoms with Crippen LogP contribution in [0.4, 0.5) is 0 Å². The summed E-state index contributed by atoms with van der Waals surface area (Å²) < 4.78 is 26.1. The zero-order chi connectivity index (χ0) is 25.6. The highest BCUT2D eigenvalue weighted by Gasteiger charge is 2.37. The molecular formula is C26H30BrCl2N3O3S. The predicted octanol–water partition coefficient (Wildman–Crippen LogP) is 5.29. The number of pyridine rings is 1. The number of fused-ring (bicyclic) bond motifs is 2. The zero-order valence-electron chi connectivity index (χ0n) is 20.2. The first-order valence-electron chi connectivity index (χ1n) is 12.4. The summed E-state index contributed by atoms with van der Waals surface area (Å²) in [6, 6.07) is 6.03. The third-order valence-corrected chi connectivity index (χ3v) is 10.2. The molecule has 1 aromatic heterocycles. The lowest BCUT2D eigenvalue weighted by Gasteiger charge is -2.37. The first kappa shape index (κ1) is 26.4. The van der Waals surface area contributed by atoms with Crippen molar-refractivity contribution in [3.63, 3.8) is 0 Å². The lowest BCUT2D eigenvalue weighted by atomic mass is 9.76. The number of carbonyl (C=O) groups excluding carboxylic acids is 1. The van der Waals surface area contributed by atoms with Crippen molar-refractivity contribution in [1.29, 1.82) is 0 Å². The van der Waals surface area contributed by atoms with E-state index in [2.05, 4.69) is 22.0 Å². The van der Waals surface area contributed by atoms with E-state index in [1.807, 2.05) is 23.2 Å². The predicted molar refractivity (Wildman–Crippen MR) is 146 cm³/mol. The molecule has 10 heteroatoms. The molecular weight excluding hydrogens is 585 g/mol. The lowest BCUT2D eigenvalue weighted by molar-refractivity contribution is -0.133. The van der Waals surface area contributed by atoms with E-state index in [0.29, 0.717) is 48.6 Å². The Bertz CT molecular complexity index is 1280. The molecule has 0 radical (unpaired) electrons. The average molecular weight is 615 g/mol. The Morgan fingerprint density at radius 1 is 1.08 bits per heavy atom. The molecule has 0 unspecified atom stereocenters. The maximum absolute atomic E-state index is 13.1. The van der Waals surface area contributed by atoms with Crippen molar-refractivity contribution in [1.82, 2.24) is 14.2 Å². The summed E-state index contributed by atoms with van der Waals surface area (Å²) in [6.45, 7) is 2.33. The van der Waals surface area contributed by atoms with Gasteiger partial charge >= 0.3 is 0 Å². The molecule has 0 N–H and O–H groups in total. The molecule has 2 aliphatic heterocycles. The van der Waals surface area contributed by atoms with Crippen LogP contribution in [0.15, 0.2) is 28.9 Å². The van der Waals surface area contributed by atoms with Gasteiger partial charge < -0.3 is 4.90 Å². The van der Waals surface area contributed by atoms with Crippen LogP contribution < -0.4 is 0 Å². The number of carbonyl (C=O) groups is 1. The second-order valence-electron chi connectivity index (χ2n) is 10.3. The Morgan fingerprint density at radius 3 is 2.50 bits per heavy atom. The summed E-state index contributed by atoms with van der Waals surface area (Å²) in [6.07, 6.45) is 7.73. The van der Waals surface area contributed by atoms with Gasteiger partial charge in [-0.3, -0.25) is 9.78 Å². The fraction of sp³-hybridized carbons (Fsp3) is 0.538. The van der Waals surface area contributed by atoms with Crippen molar-refractivity contribution in [3.8, 4) is 0 Å². The summed E-state index contributed by atoms with van der Waals surface area (Å²) in [5.74, 6) is 0.592. The van der Waals surface area contributed by atoms with Crippen LogP contribution in [-0.2, 0) is 27.7 Å². The van der Waals surface area contributed by atoms with Gasteiger partial charge in [0.15, 0.2) is 0 Å². The van der Waals surface area contributed by atoms with Crippen molar-refractivity contribution in [3.05, 3.63) is 61.3 Å². The molecule has 194 valence electrons. The maximum Gasteiger partial charge on any atom is 0.222 e. The van der Waals surface area contributed by atoms with Crippen LogP contribution in [0.1, 0.15) is 54.0 Å². The summed E-state index contributed by atoms with van der Waals surface area (Å²) in [7, 11) is -3.20. The molecule has 0 spiro atoms.